The summed E-state index contributed by atoms with van der Waals surface area (Å²) >= 11 is 0. The van der Waals surface area contributed by atoms with E-state index in [1.54, 1.807) is 12.1 Å². The van der Waals surface area contributed by atoms with Crippen LogP contribution in [-0.2, 0) is 12.8 Å². The SMILES string of the molecule is CC(C)(C)CCCCc1cc(O)c(O)cc1CCCCCC1(C)CC1. The van der Waals surface area contributed by atoms with Crippen molar-refractivity contribution in [3.63, 3.8) is 0 Å². The zero-order valence-corrected chi connectivity index (χ0v) is 16.8. The maximum Gasteiger partial charge on any atom is 0.157 e. The maximum atomic E-state index is 9.87. The summed E-state index contributed by atoms with van der Waals surface area (Å²) in [5, 5.41) is 19.7. The standard InChI is InChI=1S/C23H38O2/c1-22(2,3)12-9-7-11-19-17-21(25)20(24)16-18(19)10-6-5-8-13-23(4)14-15-23/h16-17,24-25H,5-15H2,1-4H3. The lowest BCUT2D eigenvalue weighted by molar-refractivity contribution is 0.360. The fourth-order valence-electron chi connectivity index (χ4n) is 3.61. The molecule has 0 atom stereocenters. The molecular formula is C23H38O2. The Labute approximate surface area is 154 Å². The molecule has 0 radical (unpaired) electrons. The van der Waals surface area contributed by atoms with E-state index in [4.69, 9.17) is 0 Å². The Morgan fingerprint density at radius 3 is 1.84 bits per heavy atom. The molecule has 1 aliphatic carbocycles. The zero-order valence-electron chi connectivity index (χ0n) is 16.8. The Hall–Kier alpha value is -1.18. The number of benzene rings is 1. The van der Waals surface area contributed by atoms with Crippen LogP contribution in [0.15, 0.2) is 12.1 Å². The first-order valence-corrected chi connectivity index (χ1v) is 10.2. The fraction of sp³-hybridized carbons (Fsp3) is 0.739. The minimum atomic E-state index is 0.0243. The second kappa shape index (κ2) is 8.47. The lowest BCUT2D eigenvalue weighted by atomic mass is 9.88. The van der Waals surface area contributed by atoms with Gasteiger partial charge in [0.15, 0.2) is 11.5 Å². The van der Waals surface area contributed by atoms with Crippen molar-refractivity contribution < 1.29 is 10.2 Å². The van der Waals surface area contributed by atoms with Crippen LogP contribution in [0, 0.1) is 10.8 Å². The molecule has 0 aromatic heterocycles. The molecule has 0 unspecified atom stereocenters. The Morgan fingerprint density at radius 2 is 1.36 bits per heavy atom. The molecule has 2 nitrogen and oxygen atoms in total. The summed E-state index contributed by atoms with van der Waals surface area (Å²) in [5.41, 5.74) is 3.50. The molecule has 1 aliphatic rings. The van der Waals surface area contributed by atoms with Gasteiger partial charge in [-0.25, -0.2) is 0 Å². The highest BCUT2D eigenvalue weighted by molar-refractivity contribution is 5.45. The van der Waals surface area contributed by atoms with Gasteiger partial charge in [0.05, 0.1) is 0 Å². The summed E-state index contributed by atoms with van der Waals surface area (Å²) in [6.45, 7) is 9.26. The number of phenols is 2. The van der Waals surface area contributed by atoms with Gasteiger partial charge < -0.3 is 10.2 Å². The van der Waals surface area contributed by atoms with Crippen molar-refractivity contribution in [2.45, 2.75) is 98.3 Å². The van der Waals surface area contributed by atoms with Gasteiger partial charge in [-0.2, -0.15) is 0 Å². The first kappa shape index (κ1) is 20.1. The van der Waals surface area contributed by atoms with Gasteiger partial charge in [-0.3, -0.25) is 0 Å². The first-order chi connectivity index (χ1) is 11.7. The van der Waals surface area contributed by atoms with Crippen LogP contribution in [-0.4, -0.2) is 10.2 Å². The Balaban J connectivity index is 1.81. The summed E-state index contributed by atoms with van der Waals surface area (Å²) < 4.78 is 0. The third-order valence-electron chi connectivity index (χ3n) is 5.75. The van der Waals surface area contributed by atoms with E-state index in [9.17, 15) is 10.2 Å². The molecule has 2 heteroatoms. The van der Waals surface area contributed by atoms with Crippen molar-refractivity contribution in [1.29, 1.82) is 0 Å². The molecule has 0 saturated heterocycles. The number of phenolic OH excluding ortho intramolecular Hbond substituents is 2. The maximum absolute atomic E-state index is 9.87. The quantitative estimate of drug-likeness (QED) is 0.363. The van der Waals surface area contributed by atoms with E-state index in [0.29, 0.717) is 10.8 Å². The molecule has 1 aromatic carbocycles. The van der Waals surface area contributed by atoms with E-state index < -0.39 is 0 Å². The van der Waals surface area contributed by atoms with Crippen molar-refractivity contribution in [2.75, 3.05) is 0 Å². The highest BCUT2D eigenvalue weighted by Gasteiger charge is 2.35. The smallest absolute Gasteiger partial charge is 0.157 e. The molecule has 0 amide bonds. The molecule has 1 fully saturated rings. The minimum Gasteiger partial charge on any atom is -0.504 e. The van der Waals surface area contributed by atoms with Crippen LogP contribution >= 0.6 is 0 Å². The van der Waals surface area contributed by atoms with E-state index in [2.05, 4.69) is 27.7 Å². The highest BCUT2D eigenvalue weighted by atomic mass is 16.3. The summed E-state index contributed by atoms with van der Waals surface area (Å²) in [4.78, 5) is 0. The predicted octanol–water partition coefficient (Wildman–Crippen LogP) is 6.76. The first-order valence-electron chi connectivity index (χ1n) is 10.2. The van der Waals surface area contributed by atoms with Gasteiger partial charge in [-0.1, -0.05) is 47.0 Å². The summed E-state index contributed by atoms with van der Waals surface area (Å²) in [7, 11) is 0. The van der Waals surface area contributed by atoms with Crippen molar-refractivity contribution in [2.24, 2.45) is 10.8 Å². The minimum absolute atomic E-state index is 0.0243. The molecule has 0 spiro atoms. The lowest BCUT2D eigenvalue weighted by Crippen LogP contribution is -2.04. The average Bonchev–Trinajstić information content (AvgIpc) is 3.24. The summed E-state index contributed by atoms with van der Waals surface area (Å²) in [5.74, 6) is 0.0511. The number of aromatic hydroxyl groups is 2. The molecule has 0 aliphatic heterocycles. The van der Waals surface area contributed by atoms with Crippen molar-refractivity contribution in [1.82, 2.24) is 0 Å². The third kappa shape index (κ3) is 7.30. The largest absolute Gasteiger partial charge is 0.504 e. The Kier molecular flexibility index (Phi) is 6.82. The van der Waals surface area contributed by atoms with E-state index in [1.165, 1.54) is 62.5 Å². The van der Waals surface area contributed by atoms with Gasteiger partial charge in [0.1, 0.15) is 0 Å². The second-order valence-corrected chi connectivity index (χ2v) is 9.75. The van der Waals surface area contributed by atoms with E-state index in [1.807, 2.05) is 0 Å². The monoisotopic (exact) mass is 346 g/mol. The number of hydrogen-bond acceptors (Lipinski definition) is 2. The van der Waals surface area contributed by atoms with Gasteiger partial charge in [0.2, 0.25) is 0 Å². The van der Waals surface area contributed by atoms with E-state index in [0.717, 1.165) is 19.3 Å². The molecule has 2 N–H and O–H groups in total. The van der Waals surface area contributed by atoms with Crippen molar-refractivity contribution in [3.05, 3.63) is 23.3 Å². The topological polar surface area (TPSA) is 40.5 Å². The van der Waals surface area contributed by atoms with Crippen LogP contribution < -0.4 is 0 Å². The predicted molar refractivity (Wildman–Crippen MR) is 106 cm³/mol. The molecule has 1 aromatic rings. The van der Waals surface area contributed by atoms with E-state index >= 15 is 0 Å². The van der Waals surface area contributed by atoms with Crippen LogP contribution in [0.4, 0.5) is 0 Å². The lowest BCUT2D eigenvalue weighted by Gasteiger charge is -2.18. The van der Waals surface area contributed by atoms with Gasteiger partial charge in [0.25, 0.3) is 0 Å². The average molecular weight is 347 g/mol. The van der Waals surface area contributed by atoms with Crippen LogP contribution in [0.2, 0.25) is 0 Å². The fourth-order valence-corrected chi connectivity index (χ4v) is 3.61. The van der Waals surface area contributed by atoms with Crippen LogP contribution in [0.25, 0.3) is 0 Å². The van der Waals surface area contributed by atoms with Gasteiger partial charge in [0, 0.05) is 0 Å². The van der Waals surface area contributed by atoms with Crippen LogP contribution in [0.5, 0.6) is 11.5 Å². The molecule has 25 heavy (non-hydrogen) atoms. The number of rotatable bonds is 10. The van der Waals surface area contributed by atoms with Crippen molar-refractivity contribution >= 4 is 0 Å². The van der Waals surface area contributed by atoms with Crippen molar-refractivity contribution in [3.8, 4) is 11.5 Å². The van der Waals surface area contributed by atoms with Gasteiger partial charge in [-0.15, -0.1) is 0 Å². The second-order valence-electron chi connectivity index (χ2n) is 9.75. The van der Waals surface area contributed by atoms with E-state index in [-0.39, 0.29) is 11.5 Å². The molecule has 0 heterocycles. The van der Waals surface area contributed by atoms with Crippen LogP contribution in [0.1, 0.15) is 96.6 Å². The molecule has 142 valence electrons. The normalized spacial score (nSPS) is 16.2. The number of unbranched alkanes of at least 4 members (excludes halogenated alkanes) is 3. The summed E-state index contributed by atoms with van der Waals surface area (Å²) in [6, 6.07) is 3.57. The highest BCUT2D eigenvalue weighted by Crippen LogP contribution is 2.49. The third-order valence-corrected chi connectivity index (χ3v) is 5.75. The zero-order chi connectivity index (χ0) is 18.5. The Morgan fingerprint density at radius 1 is 0.840 bits per heavy atom. The molecule has 1 saturated carbocycles. The van der Waals surface area contributed by atoms with Gasteiger partial charge in [-0.05, 0) is 85.5 Å². The van der Waals surface area contributed by atoms with Gasteiger partial charge >= 0.3 is 0 Å². The van der Waals surface area contributed by atoms with Crippen LogP contribution in [0.3, 0.4) is 0 Å². The summed E-state index contributed by atoms with van der Waals surface area (Å²) in [6.07, 6.45) is 13.6. The molecule has 2 rings (SSSR count). The molecule has 0 bridgehead atoms. The molecular weight excluding hydrogens is 308 g/mol. The number of hydrogen-bond donors (Lipinski definition) is 2. The Bertz CT molecular complexity index is 550. The number of aryl methyl sites for hydroxylation is 2.